The molecule has 4 amide bonds. The summed E-state index contributed by atoms with van der Waals surface area (Å²) in [7, 11) is 1.67. The van der Waals surface area contributed by atoms with E-state index in [0.29, 0.717) is 56.5 Å². The molecule has 1 aromatic carbocycles. The number of anilines is 2. The summed E-state index contributed by atoms with van der Waals surface area (Å²) in [5, 5.41) is 22.8. The van der Waals surface area contributed by atoms with Crippen molar-refractivity contribution >= 4 is 74.9 Å². The van der Waals surface area contributed by atoms with Crippen LogP contribution in [0.15, 0.2) is 49.8 Å². The lowest BCUT2D eigenvalue weighted by Crippen LogP contribution is -2.25. The number of primary amides is 2. The fourth-order valence-electron chi connectivity index (χ4n) is 9.24. The van der Waals surface area contributed by atoms with Gasteiger partial charge in [0.1, 0.15) is 28.3 Å². The number of nitrogens with one attached hydrogen (secondary N) is 3. The number of fused-ring (bicyclic) bond motifs is 2. The molecule has 4 aliphatic carbocycles. The first-order valence-electron chi connectivity index (χ1n) is 25.8. The van der Waals surface area contributed by atoms with Gasteiger partial charge >= 0.3 is 0 Å². The number of aromatic nitrogens is 8. The van der Waals surface area contributed by atoms with Crippen LogP contribution in [0.4, 0.5) is 11.6 Å². The number of hydrogen-bond donors (Lipinski definition) is 6. The van der Waals surface area contributed by atoms with Gasteiger partial charge in [0.05, 0.1) is 50.6 Å². The van der Waals surface area contributed by atoms with Crippen LogP contribution in [0, 0.1) is 23.7 Å². The van der Waals surface area contributed by atoms with Crippen LogP contribution in [0.25, 0.3) is 16.4 Å². The number of rotatable bonds is 9. The molecule has 4 saturated carbocycles. The number of H-pyrrole nitrogens is 2. The number of pyridine rings is 1. The van der Waals surface area contributed by atoms with Crippen LogP contribution in [0.5, 0.6) is 0 Å². The zero-order valence-electron chi connectivity index (χ0n) is 42.7. The predicted molar refractivity (Wildman–Crippen MR) is 293 cm³/mol. The summed E-state index contributed by atoms with van der Waals surface area (Å²) in [4.78, 5) is 53.3. The van der Waals surface area contributed by atoms with Crippen molar-refractivity contribution < 1.29 is 19.2 Å². The second-order valence-corrected chi connectivity index (χ2v) is 19.8. The van der Waals surface area contributed by atoms with Crippen molar-refractivity contribution in [3.05, 3.63) is 111 Å². The maximum absolute atomic E-state index is 11.8. The summed E-state index contributed by atoms with van der Waals surface area (Å²) in [6.07, 6.45) is 20.5. The molecule has 6 fully saturated rings. The summed E-state index contributed by atoms with van der Waals surface area (Å²) < 4.78 is 4.36. The number of benzene rings is 1. The Kier molecular flexibility index (Phi) is 17.0. The maximum Gasteiger partial charge on any atom is 0.255 e. The molecule has 2 saturated heterocycles. The molecular formula is C55H64Cl2N14O4. The Hall–Kier alpha value is -7.54. The van der Waals surface area contributed by atoms with E-state index >= 15 is 0 Å². The Bertz CT molecular complexity index is 3250. The molecule has 2 aliphatic heterocycles. The average molecular weight is 1060 g/mol. The number of carbonyl (C=O) groups is 4. The topological polar surface area (TPSA) is 257 Å². The minimum Gasteiger partial charge on any atom is -0.382 e. The quantitative estimate of drug-likeness (QED) is 0.0596. The van der Waals surface area contributed by atoms with Crippen molar-refractivity contribution in [3.8, 4) is 23.7 Å². The molecule has 9 N–H and O–H groups in total. The molecule has 7 heterocycles. The predicted octanol–water partition coefficient (Wildman–Crippen LogP) is 8.33. The van der Waals surface area contributed by atoms with E-state index in [-0.39, 0.29) is 34.5 Å². The van der Waals surface area contributed by atoms with Gasteiger partial charge in [-0.15, -0.1) is 0 Å². The van der Waals surface area contributed by atoms with Crippen molar-refractivity contribution in [2.75, 3.05) is 44.3 Å². The highest BCUT2D eigenvalue weighted by molar-refractivity contribution is 6.33. The highest BCUT2D eigenvalue weighted by Crippen LogP contribution is 2.48. The van der Waals surface area contributed by atoms with E-state index in [2.05, 4.69) is 81.7 Å². The number of nitrogens with zero attached hydrogens (tertiary/aromatic N) is 8. The fourth-order valence-corrected chi connectivity index (χ4v) is 9.76. The van der Waals surface area contributed by atoms with Gasteiger partial charge in [-0.1, -0.05) is 62.0 Å². The van der Waals surface area contributed by atoms with Crippen molar-refractivity contribution in [3.63, 3.8) is 0 Å². The third-order valence-corrected chi connectivity index (χ3v) is 14.2. The molecular weight excluding hydrogens is 992 g/mol. The van der Waals surface area contributed by atoms with Crippen LogP contribution in [-0.2, 0) is 9.59 Å². The Labute approximate surface area is 446 Å². The van der Waals surface area contributed by atoms with Crippen LogP contribution >= 0.6 is 23.2 Å². The van der Waals surface area contributed by atoms with Crippen LogP contribution < -0.4 is 22.5 Å². The number of amides is 4. The van der Waals surface area contributed by atoms with E-state index in [1.165, 1.54) is 61.9 Å². The number of hydrogen-bond acceptors (Lipinski definition) is 10. The Morgan fingerprint density at radius 1 is 0.720 bits per heavy atom. The maximum atomic E-state index is 11.8. The number of aromatic amines is 2. The number of carbonyl (C=O) groups excluding carboxylic acids is 4. The number of imidazole rings is 1. The van der Waals surface area contributed by atoms with Gasteiger partial charge in [0, 0.05) is 50.2 Å². The standard InChI is InChI=1S/C20H19ClN6O.C19H17ClN6O.2C7H11NO.C2H6/c1-23-19-17(18(22)28)14(25-26-19)7-6-12-13(21)8-15(10-2-3-10)27-16(12)9-24-20(27)11-4-5-11;20-14-7-12(9-1-2-9)17-13(8-23-26(17)10-3-4-10)11(14)5-6-15-16(19(22)27)18(21)25-24-15;2*1-2-7(9)8-5-3-4-6-8;1-2/h8-11H,2-5H2,1H3,(H2,22,28)(H2,23,25,26);7-10H,1-4H2,(H2,22,27)(H3,21,24,25);2*2H,1,3-6H2;1-2H3. The van der Waals surface area contributed by atoms with Crippen LogP contribution in [-0.4, -0.2) is 106 Å². The lowest BCUT2D eigenvalue weighted by Gasteiger charge is -2.10. The molecule has 392 valence electrons. The van der Waals surface area contributed by atoms with Gasteiger partial charge in [0.25, 0.3) is 11.8 Å². The first-order valence-corrected chi connectivity index (χ1v) is 26.5. The summed E-state index contributed by atoms with van der Waals surface area (Å²) >= 11 is 13.2. The highest BCUT2D eigenvalue weighted by atomic mass is 35.5. The van der Waals surface area contributed by atoms with Gasteiger partial charge in [-0.2, -0.15) is 15.3 Å². The van der Waals surface area contributed by atoms with Gasteiger partial charge < -0.3 is 32.3 Å². The zero-order valence-corrected chi connectivity index (χ0v) is 44.2. The molecule has 12 rings (SSSR count). The summed E-state index contributed by atoms with van der Waals surface area (Å²) in [5.74, 6) is 14.1. The number of likely N-dealkylation sites (tertiary alicyclic amines) is 2. The summed E-state index contributed by atoms with van der Waals surface area (Å²) in [6, 6.07) is 4.50. The van der Waals surface area contributed by atoms with E-state index in [4.69, 9.17) is 40.4 Å². The van der Waals surface area contributed by atoms with E-state index in [0.717, 1.165) is 86.9 Å². The SMILES string of the molecule is C=CC(=O)N1CCCC1.C=CC(=O)N1CCCC1.CC.CNc1n[nH]c(C#Cc2c(Cl)cc(C3CC3)n3c(C4CC4)ncc23)c1C(N)=O.NC(=O)c1c(N)n[nH]c1C#Cc1c(Cl)cc(C2CC2)c2c1cnn2C1CC1. The molecule has 6 aliphatic rings. The van der Waals surface area contributed by atoms with E-state index in [9.17, 15) is 19.2 Å². The van der Waals surface area contributed by atoms with E-state index in [1.54, 1.807) is 7.05 Å². The second-order valence-electron chi connectivity index (χ2n) is 19.0. The third kappa shape index (κ3) is 12.2. The number of nitrogens with two attached hydrogens (primary N) is 3. The largest absolute Gasteiger partial charge is 0.382 e. The smallest absolute Gasteiger partial charge is 0.255 e. The van der Waals surface area contributed by atoms with Gasteiger partial charge in [-0.3, -0.25) is 38.5 Å². The van der Waals surface area contributed by atoms with Gasteiger partial charge in [0.2, 0.25) is 11.8 Å². The zero-order chi connectivity index (χ0) is 53.5. The normalized spacial score (nSPS) is 16.3. The molecule has 5 aromatic heterocycles. The minimum atomic E-state index is -0.674. The van der Waals surface area contributed by atoms with Gasteiger partial charge in [-0.05, 0) is 131 Å². The van der Waals surface area contributed by atoms with Crippen molar-refractivity contribution in [1.29, 1.82) is 0 Å². The molecule has 20 heteroatoms. The van der Waals surface area contributed by atoms with Crippen molar-refractivity contribution in [2.45, 2.75) is 115 Å². The third-order valence-electron chi connectivity index (χ3n) is 13.6. The van der Waals surface area contributed by atoms with Gasteiger partial charge in [0.15, 0.2) is 11.6 Å². The lowest BCUT2D eigenvalue weighted by atomic mass is 10.0. The Balaban J connectivity index is 0.000000147. The van der Waals surface area contributed by atoms with Crippen LogP contribution in [0.3, 0.4) is 0 Å². The minimum absolute atomic E-state index is 0.0358. The molecule has 0 unspecified atom stereocenters. The number of halogens is 2. The highest BCUT2D eigenvalue weighted by Gasteiger charge is 2.35. The molecule has 0 spiro atoms. The molecule has 75 heavy (non-hydrogen) atoms. The van der Waals surface area contributed by atoms with E-state index < -0.39 is 11.8 Å². The lowest BCUT2D eigenvalue weighted by molar-refractivity contribution is -0.125. The Morgan fingerprint density at radius 2 is 1.25 bits per heavy atom. The average Bonchev–Trinajstić information content (AvgIpc) is 4.40. The molecule has 0 radical (unpaired) electrons. The first-order chi connectivity index (χ1) is 36.3. The fraction of sp³-hybridized carbons (Fsp3) is 0.418. The summed E-state index contributed by atoms with van der Waals surface area (Å²) in [5.41, 5.74) is 23.4. The molecule has 0 bridgehead atoms. The first kappa shape index (κ1) is 53.7. The monoisotopic (exact) mass is 1050 g/mol. The summed E-state index contributed by atoms with van der Waals surface area (Å²) in [6.45, 7) is 14.5. The molecule has 6 aromatic rings. The Morgan fingerprint density at radius 3 is 1.77 bits per heavy atom. The van der Waals surface area contributed by atoms with Crippen molar-refractivity contribution in [2.24, 2.45) is 11.5 Å². The van der Waals surface area contributed by atoms with Crippen LogP contribution in [0.2, 0.25) is 10.0 Å². The second kappa shape index (κ2) is 23.8. The van der Waals surface area contributed by atoms with Crippen LogP contribution in [0.1, 0.15) is 175 Å². The molecule has 18 nitrogen and oxygen atoms in total. The molecule has 0 atom stereocenters. The number of nitrogen functional groups attached to an aromatic ring is 1. The van der Waals surface area contributed by atoms with Gasteiger partial charge in [-0.25, -0.2) is 4.98 Å². The van der Waals surface area contributed by atoms with Crippen molar-refractivity contribution in [1.82, 2.24) is 49.4 Å². The van der Waals surface area contributed by atoms with E-state index in [1.807, 2.05) is 48.2 Å².